The normalized spacial score (nSPS) is 17.6. The molecule has 0 atom stereocenters. The Morgan fingerprint density at radius 3 is 2.86 bits per heavy atom. The van der Waals surface area contributed by atoms with Gasteiger partial charge in [-0.3, -0.25) is 14.5 Å². The van der Waals surface area contributed by atoms with Crippen LogP contribution in [0.2, 0.25) is 0 Å². The largest absolute Gasteiger partial charge is 0.482 e. The minimum Gasteiger partial charge on any atom is -0.482 e. The molecular formula is C22H21N3O3S. The molecular weight excluding hydrogens is 386 g/mol. The second-order valence-corrected chi connectivity index (χ2v) is 8.65. The number of piperidine rings is 1. The van der Waals surface area contributed by atoms with Crippen molar-refractivity contribution in [3.8, 4) is 5.75 Å². The van der Waals surface area contributed by atoms with Gasteiger partial charge in [0.05, 0.1) is 22.4 Å². The molecule has 0 saturated carbocycles. The van der Waals surface area contributed by atoms with E-state index >= 15 is 0 Å². The molecule has 1 saturated heterocycles. The predicted molar refractivity (Wildman–Crippen MR) is 113 cm³/mol. The van der Waals surface area contributed by atoms with E-state index in [9.17, 15) is 9.59 Å². The number of ketones is 1. The van der Waals surface area contributed by atoms with Gasteiger partial charge in [-0.1, -0.05) is 12.1 Å². The molecule has 5 rings (SSSR count). The van der Waals surface area contributed by atoms with E-state index in [4.69, 9.17) is 9.72 Å². The summed E-state index contributed by atoms with van der Waals surface area (Å²) in [4.78, 5) is 31.6. The van der Waals surface area contributed by atoms with Crippen molar-refractivity contribution in [1.82, 2.24) is 9.88 Å². The number of hydrogen-bond acceptors (Lipinski definition) is 6. The lowest BCUT2D eigenvalue weighted by Crippen LogP contribution is -2.36. The minimum absolute atomic E-state index is 0.0138. The maximum absolute atomic E-state index is 13.0. The number of ether oxygens (including phenoxy) is 1. The number of rotatable bonds is 4. The smallest absolute Gasteiger partial charge is 0.262 e. The Balaban J connectivity index is 1.22. The van der Waals surface area contributed by atoms with Gasteiger partial charge in [0.15, 0.2) is 12.4 Å². The molecule has 29 heavy (non-hydrogen) atoms. The maximum atomic E-state index is 13.0. The average molecular weight is 407 g/mol. The highest BCUT2D eigenvalue weighted by Gasteiger charge is 2.27. The van der Waals surface area contributed by atoms with Crippen LogP contribution < -0.4 is 10.1 Å². The van der Waals surface area contributed by atoms with Gasteiger partial charge in [-0.2, -0.15) is 0 Å². The van der Waals surface area contributed by atoms with Gasteiger partial charge < -0.3 is 10.1 Å². The monoisotopic (exact) mass is 407 g/mol. The molecule has 3 heterocycles. The second-order valence-electron chi connectivity index (χ2n) is 7.54. The molecule has 0 radical (unpaired) electrons. The zero-order valence-corrected chi connectivity index (χ0v) is 16.7. The van der Waals surface area contributed by atoms with Crippen molar-refractivity contribution in [2.45, 2.75) is 19.4 Å². The summed E-state index contributed by atoms with van der Waals surface area (Å²) in [7, 11) is 0. The van der Waals surface area contributed by atoms with E-state index < -0.39 is 0 Å². The van der Waals surface area contributed by atoms with Crippen LogP contribution in [0.25, 0.3) is 10.2 Å². The lowest BCUT2D eigenvalue weighted by molar-refractivity contribution is -0.118. The van der Waals surface area contributed by atoms with E-state index in [2.05, 4.69) is 16.3 Å². The number of Topliss-reactive ketones (excluding diaryl/α,β-unsaturated/α-hetero) is 1. The highest BCUT2D eigenvalue weighted by Crippen LogP contribution is 2.31. The van der Waals surface area contributed by atoms with E-state index in [-0.39, 0.29) is 24.2 Å². The number of para-hydroxylation sites is 1. The molecule has 2 aliphatic heterocycles. The molecule has 6 nitrogen and oxygen atoms in total. The fraction of sp³-hybridized carbons (Fsp3) is 0.318. The lowest BCUT2D eigenvalue weighted by Gasteiger charge is -2.30. The van der Waals surface area contributed by atoms with Gasteiger partial charge in [-0.15, -0.1) is 11.3 Å². The number of anilines is 1. The molecule has 1 N–H and O–H groups in total. The van der Waals surface area contributed by atoms with E-state index in [1.807, 2.05) is 18.2 Å². The molecule has 1 aromatic heterocycles. The van der Waals surface area contributed by atoms with Crippen molar-refractivity contribution < 1.29 is 14.3 Å². The number of nitrogens with zero attached hydrogens (tertiary/aromatic N) is 2. The fourth-order valence-corrected chi connectivity index (χ4v) is 5.01. The van der Waals surface area contributed by atoms with Crippen LogP contribution in [0, 0.1) is 5.92 Å². The number of aromatic nitrogens is 1. The Labute approximate surface area is 172 Å². The molecule has 2 aromatic carbocycles. The third-order valence-electron chi connectivity index (χ3n) is 5.55. The molecule has 0 spiro atoms. The van der Waals surface area contributed by atoms with Gasteiger partial charge in [0.25, 0.3) is 5.91 Å². The summed E-state index contributed by atoms with van der Waals surface area (Å²) < 4.78 is 6.59. The van der Waals surface area contributed by atoms with Crippen molar-refractivity contribution in [2.24, 2.45) is 5.92 Å². The van der Waals surface area contributed by atoms with Crippen LogP contribution >= 0.6 is 11.3 Å². The van der Waals surface area contributed by atoms with Gasteiger partial charge in [0.1, 0.15) is 10.8 Å². The van der Waals surface area contributed by atoms with Crippen molar-refractivity contribution in [3.63, 3.8) is 0 Å². The number of nitrogens with one attached hydrogen (secondary N) is 1. The van der Waals surface area contributed by atoms with Crippen molar-refractivity contribution in [3.05, 3.63) is 53.0 Å². The van der Waals surface area contributed by atoms with E-state index in [1.165, 1.54) is 4.70 Å². The van der Waals surface area contributed by atoms with Crippen LogP contribution in [-0.4, -0.2) is 41.3 Å². The fourth-order valence-electron chi connectivity index (χ4n) is 4.00. The summed E-state index contributed by atoms with van der Waals surface area (Å²) >= 11 is 1.74. The molecule has 3 aromatic rings. The molecule has 0 unspecified atom stereocenters. The zero-order valence-electron chi connectivity index (χ0n) is 15.9. The summed E-state index contributed by atoms with van der Waals surface area (Å²) in [5.74, 6) is 0.587. The number of carbonyl (C=O) groups excluding carboxylic acids is 2. The number of carbonyl (C=O) groups is 2. The number of amides is 1. The zero-order chi connectivity index (χ0) is 19.8. The van der Waals surface area contributed by atoms with Crippen LogP contribution in [0.15, 0.2) is 42.5 Å². The standard InChI is InChI=1S/C22H21N3O3S/c26-20-13-28-18-6-5-15(11-17(18)23-20)22(27)14-7-9-25(10-8-14)12-21-24-16-3-1-2-4-19(16)29-21/h1-6,11,14H,7-10,12-13H2,(H,23,26). The van der Waals surface area contributed by atoms with Gasteiger partial charge in [-0.05, 0) is 56.3 Å². The van der Waals surface area contributed by atoms with E-state index in [0.717, 1.165) is 43.0 Å². The molecule has 0 aliphatic carbocycles. The van der Waals surface area contributed by atoms with E-state index in [1.54, 1.807) is 29.5 Å². The first kappa shape index (κ1) is 18.3. The second kappa shape index (κ2) is 7.57. The highest BCUT2D eigenvalue weighted by molar-refractivity contribution is 7.18. The van der Waals surface area contributed by atoms with Crippen molar-refractivity contribution in [1.29, 1.82) is 0 Å². The Hall–Kier alpha value is -2.77. The summed E-state index contributed by atoms with van der Waals surface area (Å²) in [6.07, 6.45) is 1.67. The predicted octanol–water partition coefficient (Wildman–Crippen LogP) is 3.72. The number of hydrogen-bond donors (Lipinski definition) is 1. The molecule has 1 amide bonds. The Morgan fingerprint density at radius 2 is 2.03 bits per heavy atom. The summed E-state index contributed by atoms with van der Waals surface area (Å²) in [6.45, 7) is 2.63. The van der Waals surface area contributed by atoms with Crippen molar-refractivity contribution in [2.75, 3.05) is 25.0 Å². The van der Waals surface area contributed by atoms with Crippen LogP contribution in [0.4, 0.5) is 5.69 Å². The lowest BCUT2D eigenvalue weighted by atomic mass is 9.88. The van der Waals surface area contributed by atoms with Crippen LogP contribution in [0.3, 0.4) is 0 Å². The molecule has 0 bridgehead atoms. The number of benzene rings is 2. The molecule has 1 fully saturated rings. The first-order valence-electron chi connectivity index (χ1n) is 9.83. The number of likely N-dealkylation sites (tertiary alicyclic amines) is 1. The van der Waals surface area contributed by atoms with Gasteiger partial charge in [0.2, 0.25) is 0 Å². The minimum atomic E-state index is -0.190. The first-order valence-corrected chi connectivity index (χ1v) is 10.6. The van der Waals surface area contributed by atoms with E-state index in [0.29, 0.717) is 17.0 Å². The first-order chi connectivity index (χ1) is 14.2. The topological polar surface area (TPSA) is 71.5 Å². The molecule has 7 heteroatoms. The molecule has 2 aliphatic rings. The quantitative estimate of drug-likeness (QED) is 0.668. The Bertz CT molecular complexity index is 1050. The summed E-state index contributed by atoms with van der Waals surface area (Å²) in [6, 6.07) is 13.5. The summed E-state index contributed by atoms with van der Waals surface area (Å²) in [5.41, 5.74) is 2.28. The van der Waals surface area contributed by atoms with Crippen LogP contribution in [-0.2, 0) is 11.3 Å². The third-order valence-corrected chi connectivity index (χ3v) is 6.57. The Kier molecular flexibility index (Phi) is 4.77. The van der Waals surface area contributed by atoms with Crippen LogP contribution in [0.5, 0.6) is 5.75 Å². The number of thiazole rings is 1. The number of fused-ring (bicyclic) bond motifs is 2. The van der Waals surface area contributed by atoms with Gasteiger partial charge in [0, 0.05) is 11.5 Å². The van der Waals surface area contributed by atoms with Gasteiger partial charge >= 0.3 is 0 Å². The SMILES string of the molecule is O=C1COc2ccc(C(=O)C3CCN(Cc4nc5ccccc5s4)CC3)cc2N1. The van der Waals surface area contributed by atoms with Crippen LogP contribution in [0.1, 0.15) is 28.2 Å². The van der Waals surface area contributed by atoms with Crippen molar-refractivity contribution >= 4 is 38.9 Å². The molecule has 148 valence electrons. The average Bonchev–Trinajstić information content (AvgIpc) is 3.15. The summed E-state index contributed by atoms with van der Waals surface area (Å²) in [5, 5.41) is 3.90. The third kappa shape index (κ3) is 3.75. The Morgan fingerprint density at radius 1 is 1.21 bits per heavy atom. The maximum Gasteiger partial charge on any atom is 0.262 e. The van der Waals surface area contributed by atoms with Gasteiger partial charge in [-0.25, -0.2) is 4.98 Å². The highest BCUT2D eigenvalue weighted by atomic mass is 32.1.